The molecule has 2 aromatic carbocycles. The molecule has 1 atom stereocenters. The second kappa shape index (κ2) is 10.1. The van der Waals surface area contributed by atoms with Crippen LogP contribution in [-0.2, 0) is 11.3 Å². The van der Waals surface area contributed by atoms with Crippen molar-refractivity contribution in [3.63, 3.8) is 0 Å². The van der Waals surface area contributed by atoms with E-state index < -0.39 is 0 Å². The molecule has 2 fully saturated rings. The Morgan fingerprint density at radius 2 is 1.60 bits per heavy atom. The molecule has 0 aliphatic carbocycles. The molecule has 0 spiro atoms. The van der Waals surface area contributed by atoms with Crippen LogP contribution < -0.4 is 10.2 Å². The van der Waals surface area contributed by atoms with Crippen LogP contribution in [0.4, 0.5) is 5.69 Å². The highest BCUT2D eigenvalue weighted by atomic mass is 16.2. The molecule has 4 rings (SSSR count). The molecule has 0 aromatic heterocycles. The molecule has 4 heteroatoms. The van der Waals surface area contributed by atoms with E-state index in [4.69, 9.17) is 0 Å². The van der Waals surface area contributed by atoms with Gasteiger partial charge in [0.2, 0.25) is 5.91 Å². The van der Waals surface area contributed by atoms with Crippen LogP contribution in [-0.4, -0.2) is 37.0 Å². The molecule has 0 saturated carbocycles. The molecule has 2 aliphatic heterocycles. The summed E-state index contributed by atoms with van der Waals surface area (Å²) in [4.78, 5) is 18.1. The van der Waals surface area contributed by atoms with Crippen molar-refractivity contribution in [2.75, 3.05) is 31.1 Å². The Morgan fingerprint density at radius 3 is 2.27 bits per heavy atom. The van der Waals surface area contributed by atoms with Crippen LogP contribution in [0.2, 0.25) is 0 Å². The second-order valence-corrected chi connectivity index (χ2v) is 8.96. The highest BCUT2D eigenvalue weighted by molar-refractivity contribution is 5.83. The van der Waals surface area contributed by atoms with E-state index >= 15 is 0 Å². The predicted molar refractivity (Wildman–Crippen MR) is 124 cm³/mol. The summed E-state index contributed by atoms with van der Waals surface area (Å²) < 4.78 is 0. The summed E-state index contributed by atoms with van der Waals surface area (Å²) in [5, 5.41) is 3.21. The average Bonchev–Trinajstić information content (AvgIpc) is 2.81. The average molecular weight is 406 g/mol. The summed E-state index contributed by atoms with van der Waals surface area (Å²) in [6.45, 7) is 7.17. The van der Waals surface area contributed by atoms with Gasteiger partial charge in [-0.3, -0.25) is 9.69 Å². The third-order valence-electron chi connectivity index (χ3n) is 6.67. The normalized spacial score (nSPS) is 19.4. The highest BCUT2D eigenvalue weighted by Crippen LogP contribution is 2.27. The van der Waals surface area contributed by atoms with E-state index in [1.165, 1.54) is 24.9 Å². The summed E-state index contributed by atoms with van der Waals surface area (Å²) in [7, 11) is 0. The summed E-state index contributed by atoms with van der Waals surface area (Å²) in [6.07, 6.45) is 6.24. The predicted octanol–water partition coefficient (Wildman–Crippen LogP) is 4.77. The van der Waals surface area contributed by atoms with Gasteiger partial charge in [-0.15, -0.1) is 0 Å². The fraction of sp³-hybridized carbons (Fsp3) is 0.500. The number of benzene rings is 2. The number of piperidine rings is 2. The number of nitrogens with one attached hydrogen (secondary N) is 1. The first-order valence-electron chi connectivity index (χ1n) is 11.6. The summed E-state index contributed by atoms with van der Waals surface area (Å²) in [5.74, 6) is 0.856. The van der Waals surface area contributed by atoms with Crippen LogP contribution in [0.1, 0.15) is 56.2 Å². The maximum atomic E-state index is 13.3. The lowest BCUT2D eigenvalue weighted by Crippen LogP contribution is -2.43. The zero-order valence-corrected chi connectivity index (χ0v) is 18.2. The van der Waals surface area contributed by atoms with Gasteiger partial charge in [0, 0.05) is 25.3 Å². The molecule has 0 unspecified atom stereocenters. The first-order valence-corrected chi connectivity index (χ1v) is 11.6. The molecule has 30 heavy (non-hydrogen) atoms. The van der Waals surface area contributed by atoms with Gasteiger partial charge in [0.05, 0.1) is 0 Å². The lowest BCUT2D eigenvalue weighted by atomic mass is 9.95. The van der Waals surface area contributed by atoms with E-state index in [0.717, 1.165) is 56.1 Å². The first-order chi connectivity index (χ1) is 14.7. The maximum Gasteiger partial charge on any atom is 0.242 e. The molecule has 0 bridgehead atoms. The van der Waals surface area contributed by atoms with Gasteiger partial charge in [-0.2, -0.15) is 0 Å². The Labute approximate surface area is 181 Å². The quantitative estimate of drug-likeness (QED) is 0.752. The summed E-state index contributed by atoms with van der Waals surface area (Å²) in [6, 6.07) is 18.7. The smallest absolute Gasteiger partial charge is 0.242 e. The van der Waals surface area contributed by atoms with Crippen LogP contribution in [0.25, 0.3) is 0 Å². The standard InChI is InChI=1S/C26H35N3O/c1-21-14-18-29(19-15-21)25(23-8-4-2-5-9-23)26(30)27-20-22-10-12-24(13-11-22)28-16-6-3-7-17-28/h2,4-5,8-13,21,25H,3,6-7,14-20H2,1H3,(H,27,30)/t25-/m0/s1. The Bertz CT molecular complexity index is 791. The maximum absolute atomic E-state index is 13.3. The zero-order chi connectivity index (χ0) is 20.8. The molecular weight excluding hydrogens is 370 g/mol. The van der Waals surface area contributed by atoms with Crippen LogP contribution in [0.3, 0.4) is 0 Å². The molecule has 1 amide bonds. The van der Waals surface area contributed by atoms with Gasteiger partial charge >= 0.3 is 0 Å². The minimum atomic E-state index is -0.202. The minimum Gasteiger partial charge on any atom is -0.372 e. The van der Waals surface area contributed by atoms with Crippen LogP contribution in [0.15, 0.2) is 54.6 Å². The van der Waals surface area contributed by atoms with Gasteiger partial charge in [0.1, 0.15) is 6.04 Å². The topological polar surface area (TPSA) is 35.6 Å². The number of carbonyl (C=O) groups is 1. The molecule has 2 heterocycles. The molecule has 2 saturated heterocycles. The third kappa shape index (κ3) is 5.23. The van der Waals surface area contributed by atoms with Crippen molar-refractivity contribution in [1.29, 1.82) is 0 Å². The Kier molecular flexibility index (Phi) is 7.06. The SMILES string of the molecule is CC1CCN([C@H](C(=O)NCc2ccc(N3CCCCC3)cc2)c2ccccc2)CC1. The van der Waals surface area contributed by atoms with E-state index in [9.17, 15) is 4.79 Å². The van der Waals surface area contributed by atoms with Crippen molar-refractivity contribution in [3.05, 3.63) is 65.7 Å². The largest absolute Gasteiger partial charge is 0.372 e. The zero-order valence-electron chi connectivity index (χ0n) is 18.2. The number of amides is 1. The van der Waals surface area contributed by atoms with Crippen molar-refractivity contribution in [3.8, 4) is 0 Å². The molecular formula is C26H35N3O. The number of carbonyl (C=O) groups excluding carboxylic acids is 1. The van der Waals surface area contributed by atoms with Gasteiger partial charge in [-0.05, 0) is 74.4 Å². The van der Waals surface area contributed by atoms with E-state index in [-0.39, 0.29) is 11.9 Å². The molecule has 1 N–H and O–H groups in total. The Balaban J connectivity index is 1.40. The van der Waals surface area contributed by atoms with E-state index in [0.29, 0.717) is 6.54 Å². The number of rotatable bonds is 6. The highest BCUT2D eigenvalue weighted by Gasteiger charge is 2.29. The number of hydrogen-bond donors (Lipinski definition) is 1. The minimum absolute atomic E-state index is 0.107. The van der Waals surface area contributed by atoms with Crippen LogP contribution in [0.5, 0.6) is 0 Å². The van der Waals surface area contributed by atoms with Gasteiger partial charge in [-0.25, -0.2) is 0 Å². The van der Waals surface area contributed by atoms with Gasteiger partial charge < -0.3 is 10.2 Å². The van der Waals surface area contributed by atoms with Crippen LogP contribution >= 0.6 is 0 Å². The number of likely N-dealkylation sites (tertiary alicyclic amines) is 1. The monoisotopic (exact) mass is 405 g/mol. The number of anilines is 1. The van der Waals surface area contributed by atoms with Crippen molar-refractivity contribution in [1.82, 2.24) is 10.2 Å². The fourth-order valence-electron chi connectivity index (χ4n) is 4.71. The van der Waals surface area contributed by atoms with Crippen molar-refractivity contribution >= 4 is 11.6 Å². The van der Waals surface area contributed by atoms with E-state index in [1.807, 2.05) is 18.2 Å². The van der Waals surface area contributed by atoms with Gasteiger partial charge in [0.15, 0.2) is 0 Å². The van der Waals surface area contributed by atoms with Crippen molar-refractivity contribution < 1.29 is 4.79 Å². The van der Waals surface area contributed by atoms with E-state index in [1.54, 1.807) is 0 Å². The summed E-state index contributed by atoms with van der Waals surface area (Å²) in [5.41, 5.74) is 3.54. The number of nitrogens with zero attached hydrogens (tertiary/aromatic N) is 2. The first kappa shape index (κ1) is 20.9. The van der Waals surface area contributed by atoms with Gasteiger partial charge in [0.25, 0.3) is 0 Å². The second-order valence-electron chi connectivity index (χ2n) is 8.96. The number of hydrogen-bond acceptors (Lipinski definition) is 3. The van der Waals surface area contributed by atoms with Gasteiger partial charge in [-0.1, -0.05) is 49.4 Å². The van der Waals surface area contributed by atoms with E-state index in [2.05, 4.69) is 58.4 Å². The van der Waals surface area contributed by atoms with Crippen molar-refractivity contribution in [2.45, 2.75) is 51.6 Å². The van der Waals surface area contributed by atoms with Crippen LogP contribution in [0, 0.1) is 5.92 Å². The molecule has 0 radical (unpaired) electrons. The fourth-order valence-corrected chi connectivity index (χ4v) is 4.71. The Morgan fingerprint density at radius 1 is 0.933 bits per heavy atom. The lowest BCUT2D eigenvalue weighted by molar-refractivity contribution is -0.127. The summed E-state index contributed by atoms with van der Waals surface area (Å²) >= 11 is 0. The molecule has 2 aromatic rings. The lowest BCUT2D eigenvalue weighted by Gasteiger charge is -2.36. The molecule has 4 nitrogen and oxygen atoms in total. The van der Waals surface area contributed by atoms with Crippen molar-refractivity contribution in [2.24, 2.45) is 5.92 Å². The third-order valence-corrected chi connectivity index (χ3v) is 6.67. The Hall–Kier alpha value is -2.33. The molecule has 160 valence electrons. The molecule has 2 aliphatic rings.